The lowest BCUT2D eigenvalue weighted by Crippen LogP contribution is -2.29. The average Bonchev–Trinajstić information content (AvgIpc) is 2.62. The number of aliphatic carboxylic acids is 1. The number of ether oxygens (including phenoxy) is 2. The lowest BCUT2D eigenvalue weighted by molar-refractivity contribution is -0.144. The van der Waals surface area contributed by atoms with Crippen LogP contribution in [0.5, 0.6) is 11.5 Å². The molecule has 0 amide bonds. The van der Waals surface area contributed by atoms with Crippen LogP contribution in [0.1, 0.15) is 5.56 Å². The normalized spacial score (nSPS) is 11.9. The topological polar surface area (TPSA) is 55.8 Å². The lowest BCUT2D eigenvalue weighted by atomic mass is 10.1. The molecule has 3 aromatic rings. The summed E-state index contributed by atoms with van der Waals surface area (Å²) >= 11 is 0. The third-order valence-electron chi connectivity index (χ3n) is 3.87. The van der Waals surface area contributed by atoms with Gasteiger partial charge >= 0.3 is 5.97 Å². The van der Waals surface area contributed by atoms with Crippen LogP contribution < -0.4 is 9.47 Å². The molecule has 24 heavy (non-hydrogen) atoms. The maximum Gasteiger partial charge on any atom is 0.345 e. The van der Waals surface area contributed by atoms with Crippen molar-refractivity contribution in [3.05, 3.63) is 72.3 Å². The van der Waals surface area contributed by atoms with Gasteiger partial charge in [0.15, 0.2) is 6.10 Å². The van der Waals surface area contributed by atoms with E-state index >= 15 is 0 Å². The molecule has 0 bridgehead atoms. The molecule has 0 radical (unpaired) electrons. The smallest absolute Gasteiger partial charge is 0.345 e. The molecule has 1 unspecified atom stereocenters. The van der Waals surface area contributed by atoms with Gasteiger partial charge in [0, 0.05) is 11.8 Å². The van der Waals surface area contributed by atoms with E-state index in [-0.39, 0.29) is 6.42 Å². The molecule has 0 aromatic heterocycles. The van der Waals surface area contributed by atoms with Crippen molar-refractivity contribution in [3.8, 4) is 11.5 Å². The number of carboxylic acid groups (broad SMARTS) is 1. The monoisotopic (exact) mass is 322 g/mol. The summed E-state index contributed by atoms with van der Waals surface area (Å²) in [6.45, 7) is 0. The second kappa shape index (κ2) is 7.04. The third-order valence-corrected chi connectivity index (χ3v) is 3.87. The molecule has 0 aliphatic rings. The molecule has 0 aliphatic carbocycles. The van der Waals surface area contributed by atoms with E-state index in [4.69, 9.17) is 9.47 Å². The van der Waals surface area contributed by atoms with Crippen LogP contribution in [0.25, 0.3) is 10.8 Å². The van der Waals surface area contributed by atoms with Crippen molar-refractivity contribution in [2.45, 2.75) is 12.5 Å². The number of benzene rings is 3. The maximum absolute atomic E-state index is 11.6. The van der Waals surface area contributed by atoms with Crippen LogP contribution >= 0.6 is 0 Å². The first-order valence-corrected chi connectivity index (χ1v) is 7.67. The highest BCUT2D eigenvalue weighted by atomic mass is 16.5. The van der Waals surface area contributed by atoms with E-state index in [0.29, 0.717) is 5.75 Å². The molecule has 0 saturated carbocycles. The van der Waals surface area contributed by atoms with Gasteiger partial charge in [0.05, 0.1) is 7.11 Å². The minimum atomic E-state index is -0.987. The summed E-state index contributed by atoms with van der Waals surface area (Å²) in [7, 11) is 1.60. The highest BCUT2D eigenvalue weighted by Gasteiger charge is 2.21. The van der Waals surface area contributed by atoms with Gasteiger partial charge in [0.2, 0.25) is 0 Å². The molecule has 0 heterocycles. The Morgan fingerprint density at radius 1 is 1.00 bits per heavy atom. The van der Waals surface area contributed by atoms with Gasteiger partial charge in [-0.3, -0.25) is 0 Å². The van der Waals surface area contributed by atoms with Crippen molar-refractivity contribution < 1.29 is 19.4 Å². The first kappa shape index (κ1) is 15.9. The van der Waals surface area contributed by atoms with Crippen molar-refractivity contribution in [1.29, 1.82) is 0 Å². The van der Waals surface area contributed by atoms with E-state index < -0.39 is 12.1 Å². The van der Waals surface area contributed by atoms with Crippen LogP contribution in [0.15, 0.2) is 66.7 Å². The fraction of sp³-hybridized carbons (Fsp3) is 0.150. The van der Waals surface area contributed by atoms with Crippen molar-refractivity contribution in [3.63, 3.8) is 0 Å². The molecule has 122 valence electrons. The molecule has 4 nitrogen and oxygen atoms in total. The predicted octanol–water partition coefficient (Wildman–Crippen LogP) is 3.92. The van der Waals surface area contributed by atoms with Crippen LogP contribution in [-0.2, 0) is 11.2 Å². The number of fused-ring (bicyclic) bond motifs is 1. The van der Waals surface area contributed by atoms with Gasteiger partial charge in [-0.25, -0.2) is 4.79 Å². The van der Waals surface area contributed by atoms with Crippen LogP contribution in [0.4, 0.5) is 0 Å². The fourth-order valence-electron chi connectivity index (χ4n) is 2.61. The lowest BCUT2D eigenvalue weighted by Gasteiger charge is -2.17. The van der Waals surface area contributed by atoms with E-state index in [9.17, 15) is 9.90 Å². The minimum absolute atomic E-state index is 0.280. The Morgan fingerprint density at radius 3 is 2.42 bits per heavy atom. The number of carbonyl (C=O) groups is 1. The molecular formula is C20H18O4. The number of carboxylic acids is 1. The van der Waals surface area contributed by atoms with Gasteiger partial charge in [-0.05, 0) is 29.1 Å². The SMILES string of the molecule is COc1ccc(CC(Oc2cccc3ccccc23)C(=O)O)cc1. The van der Waals surface area contributed by atoms with Crippen molar-refractivity contribution >= 4 is 16.7 Å². The zero-order valence-electron chi connectivity index (χ0n) is 13.3. The van der Waals surface area contributed by atoms with E-state index in [1.165, 1.54) is 0 Å². The number of hydrogen-bond acceptors (Lipinski definition) is 3. The van der Waals surface area contributed by atoms with Gasteiger partial charge in [-0.1, -0.05) is 48.5 Å². The van der Waals surface area contributed by atoms with Gasteiger partial charge in [0.1, 0.15) is 11.5 Å². The Balaban J connectivity index is 1.84. The van der Waals surface area contributed by atoms with E-state index in [0.717, 1.165) is 22.1 Å². The van der Waals surface area contributed by atoms with E-state index in [1.807, 2.05) is 60.7 Å². The Bertz CT molecular complexity index is 834. The molecule has 1 atom stereocenters. The highest BCUT2D eigenvalue weighted by molar-refractivity contribution is 5.88. The van der Waals surface area contributed by atoms with Crippen molar-refractivity contribution in [1.82, 2.24) is 0 Å². The zero-order valence-corrected chi connectivity index (χ0v) is 13.3. The Hall–Kier alpha value is -3.01. The molecule has 1 N–H and O–H groups in total. The Labute approximate surface area is 140 Å². The summed E-state index contributed by atoms with van der Waals surface area (Å²) in [5, 5.41) is 11.4. The van der Waals surface area contributed by atoms with Crippen LogP contribution in [-0.4, -0.2) is 24.3 Å². The van der Waals surface area contributed by atoms with Gasteiger partial charge < -0.3 is 14.6 Å². The van der Waals surface area contributed by atoms with Gasteiger partial charge in [0.25, 0.3) is 0 Å². The molecule has 0 fully saturated rings. The maximum atomic E-state index is 11.6. The zero-order chi connectivity index (χ0) is 16.9. The van der Waals surface area contributed by atoms with Crippen LogP contribution in [0.3, 0.4) is 0 Å². The van der Waals surface area contributed by atoms with Gasteiger partial charge in [-0.15, -0.1) is 0 Å². The van der Waals surface area contributed by atoms with Crippen molar-refractivity contribution in [2.24, 2.45) is 0 Å². The quantitative estimate of drug-likeness (QED) is 0.747. The summed E-state index contributed by atoms with van der Waals surface area (Å²) in [6.07, 6.45) is -0.674. The number of rotatable bonds is 6. The van der Waals surface area contributed by atoms with E-state index in [1.54, 1.807) is 13.2 Å². The number of methoxy groups -OCH3 is 1. The molecule has 0 saturated heterocycles. The second-order valence-corrected chi connectivity index (χ2v) is 5.47. The Morgan fingerprint density at radius 2 is 1.71 bits per heavy atom. The minimum Gasteiger partial charge on any atom is -0.497 e. The fourth-order valence-corrected chi connectivity index (χ4v) is 2.61. The van der Waals surface area contributed by atoms with Crippen LogP contribution in [0.2, 0.25) is 0 Å². The summed E-state index contributed by atoms with van der Waals surface area (Å²) in [5.74, 6) is 0.327. The summed E-state index contributed by atoms with van der Waals surface area (Å²) < 4.78 is 10.9. The standard InChI is InChI=1S/C20H18O4/c1-23-16-11-9-14(10-12-16)13-19(20(21)22)24-18-8-4-6-15-5-2-3-7-17(15)18/h2-12,19H,13H2,1H3,(H,21,22). The third kappa shape index (κ3) is 3.49. The van der Waals surface area contributed by atoms with Crippen molar-refractivity contribution in [2.75, 3.05) is 7.11 Å². The molecule has 0 aliphatic heterocycles. The average molecular weight is 322 g/mol. The molecule has 3 aromatic carbocycles. The second-order valence-electron chi connectivity index (χ2n) is 5.47. The molecule has 0 spiro atoms. The molecular weight excluding hydrogens is 304 g/mol. The first-order valence-electron chi connectivity index (χ1n) is 7.67. The van der Waals surface area contributed by atoms with E-state index in [2.05, 4.69) is 0 Å². The van der Waals surface area contributed by atoms with Gasteiger partial charge in [-0.2, -0.15) is 0 Å². The van der Waals surface area contributed by atoms with Crippen LogP contribution in [0, 0.1) is 0 Å². The first-order chi connectivity index (χ1) is 11.7. The summed E-state index contributed by atoms with van der Waals surface area (Å²) in [6, 6.07) is 20.7. The summed E-state index contributed by atoms with van der Waals surface area (Å²) in [4.78, 5) is 11.6. The predicted molar refractivity (Wildman–Crippen MR) is 92.7 cm³/mol. The molecule has 4 heteroatoms. The summed E-state index contributed by atoms with van der Waals surface area (Å²) in [5.41, 5.74) is 0.878. The number of hydrogen-bond donors (Lipinski definition) is 1. The highest BCUT2D eigenvalue weighted by Crippen LogP contribution is 2.27. The Kier molecular flexibility index (Phi) is 4.66. The molecule has 3 rings (SSSR count). The largest absolute Gasteiger partial charge is 0.497 e.